The molecular formula is C17H20Cl2N4O2S. The second-order valence-corrected chi connectivity index (χ2v) is 7.49. The monoisotopic (exact) mass is 414 g/mol. The van der Waals surface area contributed by atoms with Gasteiger partial charge in [0.05, 0.1) is 17.3 Å². The second-order valence-electron chi connectivity index (χ2n) is 5.78. The van der Waals surface area contributed by atoms with E-state index in [0.29, 0.717) is 34.0 Å². The lowest BCUT2D eigenvalue weighted by molar-refractivity contribution is -0.119. The minimum atomic E-state index is -0.143. The van der Waals surface area contributed by atoms with Crippen LogP contribution in [-0.2, 0) is 9.59 Å². The van der Waals surface area contributed by atoms with Crippen molar-refractivity contribution in [1.29, 1.82) is 0 Å². The van der Waals surface area contributed by atoms with Crippen LogP contribution in [0.3, 0.4) is 0 Å². The first-order valence-corrected chi connectivity index (χ1v) is 9.62. The molecule has 6 nitrogen and oxygen atoms in total. The Kier molecular flexibility index (Phi) is 7.84. The Labute approximate surface area is 166 Å². The molecular weight excluding hydrogens is 395 g/mol. The molecule has 0 saturated carbocycles. The molecule has 0 aliphatic carbocycles. The van der Waals surface area contributed by atoms with Crippen molar-refractivity contribution in [2.75, 3.05) is 32.0 Å². The van der Waals surface area contributed by atoms with Gasteiger partial charge in [0.25, 0.3) is 0 Å². The highest BCUT2D eigenvalue weighted by atomic mass is 35.5. The Hall–Kier alpha value is -1.67. The third-order valence-corrected chi connectivity index (χ3v) is 4.77. The molecule has 26 heavy (non-hydrogen) atoms. The molecule has 2 N–H and O–H groups in total. The lowest BCUT2D eigenvalue weighted by atomic mass is 10.2. The van der Waals surface area contributed by atoms with E-state index in [9.17, 15) is 9.59 Å². The molecule has 0 aliphatic rings. The standard InChI is InChI=1S/C17H20Cl2N4O2S/c1-11(24)20-6-3-7-23(2)9-16(25)22-17-21-15(10-26-17)13-5-4-12(18)8-14(13)19/h4-5,8,10H,3,6-7,9H2,1-2H3,(H,20,24)(H,21,22,25). The molecule has 1 heterocycles. The zero-order chi connectivity index (χ0) is 19.1. The third-order valence-electron chi connectivity index (χ3n) is 3.46. The number of amides is 2. The van der Waals surface area contributed by atoms with Gasteiger partial charge in [-0.3, -0.25) is 14.5 Å². The molecule has 140 valence electrons. The molecule has 0 fully saturated rings. The molecule has 0 unspecified atom stereocenters. The summed E-state index contributed by atoms with van der Waals surface area (Å²) in [5, 5.41) is 8.94. The summed E-state index contributed by atoms with van der Waals surface area (Å²) in [4.78, 5) is 29.2. The fraction of sp³-hybridized carbons (Fsp3) is 0.353. The van der Waals surface area contributed by atoms with Crippen LogP contribution in [0.2, 0.25) is 10.0 Å². The van der Waals surface area contributed by atoms with Gasteiger partial charge >= 0.3 is 0 Å². The Bertz CT molecular complexity index is 782. The smallest absolute Gasteiger partial charge is 0.240 e. The number of anilines is 1. The van der Waals surface area contributed by atoms with Crippen LogP contribution in [0.1, 0.15) is 13.3 Å². The first-order valence-electron chi connectivity index (χ1n) is 7.99. The van der Waals surface area contributed by atoms with E-state index in [1.165, 1.54) is 18.3 Å². The first-order chi connectivity index (χ1) is 12.3. The molecule has 0 spiro atoms. The molecule has 2 aromatic rings. The maximum absolute atomic E-state index is 12.1. The van der Waals surface area contributed by atoms with Gasteiger partial charge in [-0.25, -0.2) is 4.98 Å². The minimum Gasteiger partial charge on any atom is -0.356 e. The largest absolute Gasteiger partial charge is 0.356 e. The highest BCUT2D eigenvalue weighted by Gasteiger charge is 2.12. The zero-order valence-corrected chi connectivity index (χ0v) is 16.8. The van der Waals surface area contributed by atoms with Crippen molar-refractivity contribution in [3.05, 3.63) is 33.6 Å². The number of hydrogen-bond acceptors (Lipinski definition) is 5. The number of thiazole rings is 1. The highest BCUT2D eigenvalue weighted by molar-refractivity contribution is 7.14. The molecule has 1 aromatic carbocycles. The van der Waals surface area contributed by atoms with Gasteiger partial charge in [-0.05, 0) is 31.7 Å². The average Bonchev–Trinajstić information content (AvgIpc) is 2.99. The molecule has 0 saturated heterocycles. The lowest BCUT2D eigenvalue weighted by Crippen LogP contribution is -2.32. The molecule has 0 aliphatic heterocycles. The van der Waals surface area contributed by atoms with Crippen LogP contribution < -0.4 is 10.6 Å². The van der Waals surface area contributed by atoms with Gasteiger partial charge in [0.15, 0.2) is 5.13 Å². The predicted molar refractivity (Wildman–Crippen MR) is 107 cm³/mol. The number of hydrogen-bond donors (Lipinski definition) is 2. The summed E-state index contributed by atoms with van der Waals surface area (Å²) in [7, 11) is 1.86. The van der Waals surface area contributed by atoms with Gasteiger partial charge in [0, 0.05) is 36.0 Å². The van der Waals surface area contributed by atoms with E-state index < -0.39 is 0 Å². The van der Waals surface area contributed by atoms with Crippen molar-refractivity contribution in [2.45, 2.75) is 13.3 Å². The molecule has 0 atom stereocenters. The van der Waals surface area contributed by atoms with Crippen LogP contribution in [0.5, 0.6) is 0 Å². The molecule has 1 aromatic heterocycles. The fourth-order valence-electron chi connectivity index (χ4n) is 2.25. The van der Waals surface area contributed by atoms with Gasteiger partial charge in [0.2, 0.25) is 11.8 Å². The summed E-state index contributed by atoms with van der Waals surface area (Å²) in [6, 6.07) is 5.20. The van der Waals surface area contributed by atoms with Crippen LogP contribution >= 0.6 is 34.5 Å². The van der Waals surface area contributed by atoms with Crippen molar-refractivity contribution in [2.24, 2.45) is 0 Å². The minimum absolute atomic E-state index is 0.0502. The average molecular weight is 415 g/mol. The SMILES string of the molecule is CC(=O)NCCCN(C)CC(=O)Nc1nc(-c2ccc(Cl)cc2Cl)cs1. The van der Waals surface area contributed by atoms with E-state index in [2.05, 4.69) is 15.6 Å². The molecule has 2 rings (SSSR count). The van der Waals surface area contributed by atoms with Gasteiger partial charge in [0.1, 0.15) is 0 Å². The fourth-order valence-corrected chi connectivity index (χ4v) is 3.48. The predicted octanol–water partition coefficient (Wildman–Crippen LogP) is 3.51. The van der Waals surface area contributed by atoms with Crippen molar-refractivity contribution < 1.29 is 9.59 Å². The van der Waals surface area contributed by atoms with Crippen LogP contribution in [-0.4, -0.2) is 48.4 Å². The van der Waals surface area contributed by atoms with E-state index in [4.69, 9.17) is 23.2 Å². The molecule has 2 amide bonds. The number of nitrogens with one attached hydrogen (secondary N) is 2. The van der Waals surface area contributed by atoms with Gasteiger partial charge < -0.3 is 10.6 Å². The number of rotatable bonds is 8. The van der Waals surface area contributed by atoms with E-state index >= 15 is 0 Å². The second kappa shape index (κ2) is 9.87. The summed E-state index contributed by atoms with van der Waals surface area (Å²) in [5.74, 6) is -0.194. The lowest BCUT2D eigenvalue weighted by Gasteiger charge is -2.15. The number of benzene rings is 1. The Morgan fingerprint density at radius 2 is 2.08 bits per heavy atom. The van der Waals surface area contributed by atoms with Crippen molar-refractivity contribution in [1.82, 2.24) is 15.2 Å². The number of nitrogens with zero attached hydrogens (tertiary/aromatic N) is 2. The maximum atomic E-state index is 12.1. The number of likely N-dealkylation sites (N-methyl/N-ethyl adjacent to an activating group) is 1. The third kappa shape index (κ3) is 6.57. The van der Waals surface area contributed by atoms with Crippen LogP contribution in [0.25, 0.3) is 11.3 Å². The van der Waals surface area contributed by atoms with E-state index in [0.717, 1.165) is 12.0 Å². The van der Waals surface area contributed by atoms with Crippen molar-refractivity contribution in [3.8, 4) is 11.3 Å². The van der Waals surface area contributed by atoms with E-state index in [1.807, 2.05) is 17.3 Å². The van der Waals surface area contributed by atoms with Gasteiger partial charge in [-0.15, -0.1) is 11.3 Å². The Balaban J connectivity index is 1.84. The zero-order valence-electron chi connectivity index (χ0n) is 14.5. The Morgan fingerprint density at radius 1 is 1.31 bits per heavy atom. The summed E-state index contributed by atoms with van der Waals surface area (Å²) < 4.78 is 0. The van der Waals surface area contributed by atoms with Crippen molar-refractivity contribution >= 4 is 51.5 Å². The van der Waals surface area contributed by atoms with Crippen LogP contribution in [0.15, 0.2) is 23.6 Å². The van der Waals surface area contributed by atoms with Crippen molar-refractivity contribution in [3.63, 3.8) is 0 Å². The summed E-state index contributed by atoms with van der Waals surface area (Å²) in [6.07, 6.45) is 0.778. The van der Waals surface area contributed by atoms with Crippen LogP contribution in [0.4, 0.5) is 5.13 Å². The number of carbonyl (C=O) groups is 2. The maximum Gasteiger partial charge on any atom is 0.240 e. The molecule has 0 radical (unpaired) electrons. The number of halogens is 2. The molecule has 0 bridgehead atoms. The normalized spacial score (nSPS) is 10.8. The summed E-state index contributed by atoms with van der Waals surface area (Å²) >= 11 is 13.4. The van der Waals surface area contributed by atoms with Gasteiger partial charge in [-0.2, -0.15) is 0 Å². The Morgan fingerprint density at radius 3 is 2.77 bits per heavy atom. The summed E-state index contributed by atoms with van der Waals surface area (Å²) in [5.41, 5.74) is 1.46. The van der Waals surface area contributed by atoms with E-state index in [-0.39, 0.29) is 18.4 Å². The number of carbonyl (C=O) groups excluding carboxylic acids is 2. The molecule has 9 heteroatoms. The number of aromatic nitrogens is 1. The van der Waals surface area contributed by atoms with Crippen LogP contribution in [0, 0.1) is 0 Å². The first kappa shape index (κ1) is 20.6. The van der Waals surface area contributed by atoms with E-state index in [1.54, 1.807) is 18.2 Å². The topological polar surface area (TPSA) is 74.3 Å². The summed E-state index contributed by atoms with van der Waals surface area (Å²) in [6.45, 7) is 3.03. The quantitative estimate of drug-likeness (QED) is 0.647. The van der Waals surface area contributed by atoms with Gasteiger partial charge in [-0.1, -0.05) is 23.2 Å². The highest BCUT2D eigenvalue weighted by Crippen LogP contribution is 2.32.